The van der Waals surface area contributed by atoms with Crippen LogP contribution in [-0.4, -0.2) is 26.4 Å². The molecule has 2 N–H and O–H groups in total. The van der Waals surface area contributed by atoms with E-state index in [9.17, 15) is 4.79 Å². The zero-order valence-corrected chi connectivity index (χ0v) is 13.0. The third-order valence-electron chi connectivity index (χ3n) is 3.18. The van der Waals surface area contributed by atoms with Crippen LogP contribution in [0.3, 0.4) is 0 Å². The molecule has 2 rings (SSSR count). The molecule has 0 atom stereocenters. The van der Waals surface area contributed by atoms with Crippen molar-refractivity contribution in [3.05, 3.63) is 42.0 Å². The molecule has 5 heteroatoms. The molecule has 0 aromatic heterocycles. The topological polar surface area (TPSA) is 61.5 Å². The molecule has 0 bridgehead atoms. The van der Waals surface area contributed by atoms with E-state index in [-0.39, 0.29) is 0 Å². The number of ether oxygens (including phenoxy) is 2. The Morgan fingerprint density at radius 3 is 2.33 bits per heavy atom. The molecule has 0 aliphatic heterocycles. The van der Waals surface area contributed by atoms with Crippen molar-refractivity contribution in [2.45, 2.75) is 4.90 Å². The molecule has 2 aromatic rings. The van der Waals surface area contributed by atoms with E-state index in [0.29, 0.717) is 17.1 Å². The Kier molecular flexibility index (Phi) is 4.75. The molecular formula is C16H17NO3S. The molecule has 0 saturated heterocycles. The lowest BCUT2D eigenvalue weighted by Crippen LogP contribution is -2.10. The molecule has 1 amide bonds. The number of benzene rings is 2. The summed E-state index contributed by atoms with van der Waals surface area (Å²) in [6, 6.07) is 11.1. The fourth-order valence-corrected chi connectivity index (χ4v) is 2.69. The summed E-state index contributed by atoms with van der Waals surface area (Å²) in [6.07, 6.45) is 1.99. The molecule has 0 aliphatic rings. The largest absolute Gasteiger partial charge is 0.493 e. The lowest BCUT2D eigenvalue weighted by Gasteiger charge is -2.12. The monoisotopic (exact) mass is 303 g/mol. The smallest absolute Gasteiger partial charge is 0.248 e. The van der Waals surface area contributed by atoms with Gasteiger partial charge in [-0.15, -0.1) is 11.8 Å². The first-order chi connectivity index (χ1) is 10.1. The van der Waals surface area contributed by atoms with Gasteiger partial charge in [-0.3, -0.25) is 4.79 Å². The number of methoxy groups -OCH3 is 2. The van der Waals surface area contributed by atoms with Crippen molar-refractivity contribution in [2.24, 2.45) is 5.73 Å². The fraction of sp³-hybridized carbons (Fsp3) is 0.188. The van der Waals surface area contributed by atoms with E-state index in [0.717, 1.165) is 16.0 Å². The second-order valence-corrected chi connectivity index (χ2v) is 5.20. The minimum atomic E-state index is -0.440. The van der Waals surface area contributed by atoms with Crippen molar-refractivity contribution in [1.82, 2.24) is 0 Å². The van der Waals surface area contributed by atoms with E-state index in [1.54, 1.807) is 38.1 Å². The van der Waals surface area contributed by atoms with E-state index < -0.39 is 5.91 Å². The Bertz CT molecular complexity index is 671. The SMILES string of the molecule is COc1ccc(-c2cc(C(N)=O)ccc2SC)cc1OC. The van der Waals surface area contributed by atoms with E-state index >= 15 is 0 Å². The average molecular weight is 303 g/mol. The van der Waals surface area contributed by atoms with Gasteiger partial charge in [0.05, 0.1) is 14.2 Å². The Hall–Kier alpha value is -2.14. The van der Waals surface area contributed by atoms with E-state index in [2.05, 4.69) is 0 Å². The second kappa shape index (κ2) is 6.54. The molecular weight excluding hydrogens is 286 g/mol. The number of thioether (sulfide) groups is 1. The molecule has 0 spiro atoms. The minimum absolute atomic E-state index is 0.440. The molecule has 4 nitrogen and oxygen atoms in total. The lowest BCUT2D eigenvalue weighted by atomic mass is 10.0. The van der Waals surface area contributed by atoms with Gasteiger partial charge >= 0.3 is 0 Å². The molecule has 21 heavy (non-hydrogen) atoms. The number of rotatable bonds is 5. The molecule has 2 aromatic carbocycles. The summed E-state index contributed by atoms with van der Waals surface area (Å²) in [5.41, 5.74) is 7.74. The number of hydrogen-bond acceptors (Lipinski definition) is 4. The molecule has 0 heterocycles. The van der Waals surface area contributed by atoms with Crippen LogP contribution in [0.2, 0.25) is 0 Å². The number of hydrogen-bond donors (Lipinski definition) is 1. The van der Waals surface area contributed by atoms with Gasteiger partial charge in [0, 0.05) is 10.5 Å². The maximum absolute atomic E-state index is 11.4. The maximum Gasteiger partial charge on any atom is 0.248 e. The van der Waals surface area contributed by atoms with Gasteiger partial charge < -0.3 is 15.2 Å². The van der Waals surface area contributed by atoms with E-state index in [1.165, 1.54) is 0 Å². The first-order valence-corrected chi connectivity index (χ1v) is 7.53. The maximum atomic E-state index is 11.4. The molecule has 0 radical (unpaired) electrons. The van der Waals surface area contributed by atoms with Crippen LogP contribution in [-0.2, 0) is 0 Å². The van der Waals surface area contributed by atoms with Gasteiger partial charge in [0.25, 0.3) is 0 Å². The Balaban J connectivity index is 2.59. The van der Waals surface area contributed by atoms with Crippen LogP contribution < -0.4 is 15.2 Å². The van der Waals surface area contributed by atoms with E-state index in [4.69, 9.17) is 15.2 Å². The highest BCUT2D eigenvalue weighted by Gasteiger charge is 2.11. The molecule has 110 valence electrons. The Morgan fingerprint density at radius 1 is 1.05 bits per heavy atom. The fourth-order valence-electron chi connectivity index (χ4n) is 2.09. The highest BCUT2D eigenvalue weighted by atomic mass is 32.2. The van der Waals surface area contributed by atoms with Crippen molar-refractivity contribution in [1.29, 1.82) is 0 Å². The summed E-state index contributed by atoms with van der Waals surface area (Å²) in [6.45, 7) is 0. The summed E-state index contributed by atoms with van der Waals surface area (Å²) in [5.74, 6) is 0.869. The van der Waals surface area contributed by atoms with Crippen molar-refractivity contribution in [2.75, 3.05) is 20.5 Å². The van der Waals surface area contributed by atoms with Gasteiger partial charge in [0.15, 0.2) is 11.5 Å². The van der Waals surface area contributed by atoms with Gasteiger partial charge in [-0.05, 0) is 47.7 Å². The van der Waals surface area contributed by atoms with Gasteiger partial charge in [0.2, 0.25) is 5.91 Å². The Labute approximate surface area is 128 Å². The summed E-state index contributed by atoms with van der Waals surface area (Å²) >= 11 is 1.61. The van der Waals surface area contributed by atoms with Crippen LogP contribution >= 0.6 is 11.8 Å². The number of nitrogens with two attached hydrogens (primary N) is 1. The first kappa shape index (κ1) is 15.3. The van der Waals surface area contributed by atoms with Crippen molar-refractivity contribution < 1.29 is 14.3 Å². The predicted molar refractivity (Wildman–Crippen MR) is 85.3 cm³/mol. The summed E-state index contributed by atoms with van der Waals surface area (Å²) < 4.78 is 10.6. The normalized spacial score (nSPS) is 10.2. The predicted octanol–water partition coefficient (Wildman–Crippen LogP) is 3.19. The van der Waals surface area contributed by atoms with Crippen molar-refractivity contribution >= 4 is 17.7 Å². The van der Waals surface area contributed by atoms with Crippen LogP contribution in [0, 0.1) is 0 Å². The zero-order valence-electron chi connectivity index (χ0n) is 12.2. The standard InChI is InChI=1S/C16H17NO3S/c1-19-13-6-4-10(9-14(13)20-2)12-8-11(16(17)18)5-7-15(12)21-3/h4-9H,1-3H3,(H2,17,18). The van der Waals surface area contributed by atoms with Gasteiger partial charge in [-0.25, -0.2) is 0 Å². The number of amides is 1. The van der Waals surface area contributed by atoms with Crippen molar-refractivity contribution in [3.63, 3.8) is 0 Å². The molecule has 0 fully saturated rings. The summed E-state index contributed by atoms with van der Waals surface area (Å²) in [7, 11) is 3.19. The van der Waals surface area contributed by atoms with Crippen LogP contribution in [0.25, 0.3) is 11.1 Å². The average Bonchev–Trinajstić information content (AvgIpc) is 2.53. The third kappa shape index (κ3) is 3.13. The number of carbonyl (C=O) groups is 1. The lowest BCUT2D eigenvalue weighted by molar-refractivity contribution is 0.100. The molecule has 0 unspecified atom stereocenters. The second-order valence-electron chi connectivity index (χ2n) is 4.35. The van der Waals surface area contributed by atoms with Crippen LogP contribution in [0.5, 0.6) is 11.5 Å². The summed E-state index contributed by atoms with van der Waals surface area (Å²) in [4.78, 5) is 12.4. The summed E-state index contributed by atoms with van der Waals surface area (Å²) in [5, 5.41) is 0. The van der Waals surface area contributed by atoms with Crippen LogP contribution in [0.15, 0.2) is 41.3 Å². The van der Waals surface area contributed by atoms with Gasteiger partial charge in [0.1, 0.15) is 0 Å². The van der Waals surface area contributed by atoms with Crippen molar-refractivity contribution in [3.8, 4) is 22.6 Å². The third-order valence-corrected chi connectivity index (χ3v) is 3.97. The van der Waals surface area contributed by atoms with Gasteiger partial charge in [-0.1, -0.05) is 6.07 Å². The minimum Gasteiger partial charge on any atom is -0.493 e. The van der Waals surface area contributed by atoms with Crippen LogP contribution in [0.4, 0.5) is 0 Å². The highest BCUT2D eigenvalue weighted by molar-refractivity contribution is 7.98. The van der Waals surface area contributed by atoms with Gasteiger partial charge in [-0.2, -0.15) is 0 Å². The zero-order chi connectivity index (χ0) is 15.4. The van der Waals surface area contributed by atoms with E-state index in [1.807, 2.05) is 30.5 Å². The molecule has 0 aliphatic carbocycles. The quantitative estimate of drug-likeness (QED) is 0.862. The first-order valence-electron chi connectivity index (χ1n) is 6.31. The van der Waals surface area contributed by atoms with Crippen LogP contribution in [0.1, 0.15) is 10.4 Å². The molecule has 0 saturated carbocycles. The number of carbonyl (C=O) groups excluding carboxylic acids is 1. The number of primary amides is 1. The Morgan fingerprint density at radius 2 is 1.76 bits per heavy atom. The highest BCUT2D eigenvalue weighted by Crippen LogP contribution is 2.36.